The normalized spacial score (nSPS) is 18.7. The number of aromatic nitrogens is 2. The number of piperazine rings is 1. The molecule has 1 fully saturated rings. The van der Waals surface area contributed by atoms with Gasteiger partial charge in [-0.2, -0.15) is 0 Å². The fourth-order valence-corrected chi connectivity index (χ4v) is 5.80. The molecular formula is C25H30ClN5OS. The van der Waals surface area contributed by atoms with Crippen LogP contribution >= 0.6 is 23.4 Å². The third-order valence-corrected chi connectivity index (χ3v) is 7.42. The van der Waals surface area contributed by atoms with Crippen molar-refractivity contribution in [1.29, 1.82) is 0 Å². The van der Waals surface area contributed by atoms with Gasteiger partial charge in [0.25, 0.3) is 0 Å². The molecule has 3 heterocycles. The summed E-state index contributed by atoms with van der Waals surface area (Å²) in [6.45, 7) is 5.36. The Bertz CT molecular complexity index is 1130. The lowest BCUT2D eigenvalue weighted by molar-refractivity contribution is 0.0266. The lowest BCUT2D eigenvalue weighted by Crippen LogP contribution is -2.44. The Kier molecular flexibility index (Phi) is 7.04. The molecule has 0 bridgehead atoms. The first-order valence-corrected chi connectivity index (χ1v) is 12.9. The molecule has 0 amide bonds. The summed E-state index contributed by atoms with van der Waals surface area (Å²) in [6, 6.07) is 12.4. The van der Waals surface area contributed by atoms with Crippen molar-refractivity contribution in [3.05, 3.63) is 58.2 Å². The van der Waals surface area contributed by atoms with Crippen LogP contribution in [0.15, 0.2) is 41.6 Å². The van der Waals surface area contributed by atoms with Crippen LogP contribution in [-0.2, 0) is 17.8 Å². The maximum atomic E-state index is 6.62. The Balaban J connectivity index is 1.49. The van der Waals surface area contributed by atoms with Crippen molar-refractivity contribution < 1.29 is 4.74 Å². The summed E-state index contributed by atoms with van der Waals surface area (Å²) in [7, 11) is 4.19. The van der Waals surface area contributed by atoms with Gasteiger partial charge in [-0.05, 0) is 31.1 Å². The Hall–Kier alpha value is -1.90. The van der Waals surface area contributed by atoms with Gasteiger partial charge in [0.1, 0.15) is 5.82 Å². The molecule has 0 aliphatic carbocycles. The van der Waals surface area contributed by atoms with Crippen LogP contribution in [0.5, 0.6) is 0 Å². The predicted octanol–water partition coefficient (Wildman–Crippen LogP) is 4.16. The Morgan fingerprint density at radius 2 is 1.94 bits per heavy atom. The van der Waals surface area contributed by atoms with Gasteiger partial charge in [-0.1, -0.05) is 53.7 Å². The van der Waals surface area contributed by atoms with Gasteiger partial charge in [-0.25, -0.2) is 9.97 Å². The van der Waals surface area contributed by atoms with Gasteiger partial charge < -0.3 is 19.9 Å². The molecule has 1 aromatic heterocycles. The molecule has 5 rings (SSSR count). The SMILES string of the molecule is CN(C)CCSc1nc2c(c(N3CCNCC3)n1)CO[C@H](c1cccc3cccc(Cl)c13)C2. The molecule has 2 aliphatic rings. The largest absolute Gasteiger partial charge is 0.368 e. The zero-order valence-corrected chi connectivity index (χ0v) is 20.8. The van der Waals surface area contributed by atoms with Gasteiger partial charge >= 0.3 is 0 Å². The molecule has 2 aromatic carbocycles. The van der Waals surface area contributed by atoms with Crippen molar-refractivity contribution in [3.63, 3.8) is 0 Å². The molecule has 6 nitrogen and oxygen atoms in total. The second-order valence-electron chi connectivity index (χ2n) is 8.83. The Morgan fingerprint density at radius 3 is 2.73 bits per heavy atom. The van der Waals surface area contributed by atoms with Crippen LogP contribution in [-0.4, -0.2) is 67.4 Å². The molecule has 2 aliphatic heterocycles. The first-order valence-electron chi connectivity index (χ1n) is 11.5. The van der Waals surface area contributed by atoms with E-state index in [2.05, 4.69) is 53.5 Å². The maximum Gasteiger partial charge on any atom is 0.189 e. The van der Waals surface area contributed by atoms with Crippen molar-refractivity contribution in [2.75, 3.05) is 57.5 Å². The lowest BCUT2D eigenvalue weighted by atomic mass is 9.94. The number of hydrogen-bond acceptors (Lipinski definition) is 7. The van der Waals surface area contributed by atoms with Crippen molar-refractivity contribution in [1.82, 2.24) is 20.2 Å². The van der Waals surface area contributed by atoms with E-state index in [4.69, 9.17) is 26.3 Å². The third-order valence-electron chi connectivity index (χ3n) is 6.28. The number of nitrogens with one attached hydrogen (secondary N) is 1. The van der Waals surface area contributed by atoms with Gasteiger partial charge in [-0.15, -0.1) is 0 Å². The summed E-state index contributed by atoms with van der Waals surface area (Å²) in [4.78, 5) is 14.6. The molecular weight excluding hydrogens is 454 g/mol. The van der Waals surface area contributed by atoms with Gasteiger partial charge in [0, 0.05) is 60.9 Å². The molecule has 1 atom stereocenters. The zero-order valence-electron chi connectivity index (χ0n) is 19.2. The highest BCUT2D eigenvalue weighted by molar-refractivity contribution is 7.99. The summed E-state index contributed by atoms with van der Waals surface area (Å²) in [6.07, 6.45) is 0.647. The van der Waals surface area contributed by atoms with Crippen molar-refractivity contribution in [2.24, 2.45) is 0 Å². The standard InChI is InChI=1S/C25H30ClN5OS/c1-30(2)13-14-33-25-28-21-15-22(18-7-3-5-17-6-4-8-20(26)23(17)18)32-16-19(21)24(29-25)31-11-9-27-10-12-31/h3-8,22,27H,9-16H2,1-2H3/t22-/m0/s1. The van der Waals surface area contributed by atoms with E-state index in [9.17, 15) is 0 Å². The van der Waals surface area contributed by atoms with Gasteiger partial charge in [-0.3, -0.25) is 0 Å². The van der Waals surface area contributed by atoms with Crippen LogP contribution in [0.2, 0.25) is 5.02 Å². The van der Waals surface area contributed by atoms with Crippen LogP contribution in [0.4, 0.5) is 5.82 Å². The van der Waals surface area contributed by atoms with Crippen molar-refractivity contribution in [3.8, 4) is 0 Å². The summed E-state index contributed by atoms with van der Waals surface area (Å²) in [5.74, 6) is 2.01. The number of nitrogens with zero attached hydrogens (tertiary/aromatic N) is 4. The molecule has 1 saturated heterocycles. The number of rotatable bonds is 6. The smallest absolute Gasteiger partial charge is 0.189 e. The molecule has 0 unspecified atom stereocenters. The van der Waals surface area contributed by atoms with E-state index >= 15 is 0 Å². The molecule has 0 spiro atoms. The highest BCUT2D eigenvalue weighted by atomic mass is 35.5. The van der Waals surface area contributed by atoms with Crippen LogP contribution in [0.25, 0.3) is 10.8 Å². The molecule has 0 radical (unpaired) electrons. The first kappa shape index (κ1) is 22.9. The predicted molar refractivity (Wildman–Crippen MR) is 137 cm³/mol. The highest BCUT2D eigenvalue weighted by Crippen LogP contribution is 2.39. The molecule has 0 saturated carbocycles. The summed E-state index contributed by atoms with van der Waals surface area (Å²) >= 11 is 8.35. The number of thioether (sulfide) groups is 1. The first-order chi connectivity index (χ1) is 16.1. The fraction of sp³-hybridized carbons (Fsp3) is 0.440. The van der Waals surface area contributed by atoms with Crippen LogP contribution in [0.1, 0.15) is 22.9 Å². The highest BCUT2D eigenvalue weighted by Gasteiger charge is 2.29. The number of ether oxygens (including phenoxy) is 1. The van der Waals surface area contributed by atoms with E-state index in [1.54, 1.807) is 11.8 Å². The summed E-state index contributed by atoms with van der Waals surface area (Å²) < 4.78 is 6.44. The van der Waals surface area contributed by atoms with Gasteiger partial charge in [0.15, 0.2) is 5.16 Å². The minimum Gasteiger partial charge on any atom is -0.368 e. The van der Waals surface area contributed by atoms with E-state index in [1.807, 2.05) is 12.1 Å². The average molecular weight is 484 g/mol. The summed E-state index contributed by atoms with van der Waals surface area (Å²) in [5.41, 5.74) is 3.37. The molecule has 3 aromatic rings. The van der Waals surface area contributed by atoms with E-state index in [-0.39, 0.29) is 6.10 Å². The molecule has 1 N–H and O–H groups in total. The minimum absolute atomic E-state index is 0.0773. The number of fused-ring (bicyclic) bond motifs is 2. The van der Waals surface area contributed by atoms with Crippen LogP contribution in [0.3, 0.4) is 0 Å². The average Bonchev–Trinajstić information content (AvgIpc) is 2.83. The van der Waals surface area contributed by atoms with Gasteiger partial charge in [0.05, 0.1) is 18.4 Å². The van der Waals surface area contributed by atoms with Crippen molar-refractivity contribution >= 4 is 40.0 Å². The minimum atomic E-state index is -0.0773. The Labute approximate surface area is 204 Å². The van der Waals surface area contributed by atoms with Crippen LogP contribution < -0.4 is 10.2 Å². The second-order valence-corrected chi connectivity index (χ2v) is 10.3. The third kappa shape index (κ3) is 4.98. The molecule has 8 heteroatoms. The lowest BCUT2D eigenvalue weighted by Gasteiger charge is -2.33. The summed E-state index contributed by atoms with van der Waals surface area (Å²) in [5, 5.41) is 7.28. The zero-order chi connectivity index (χ0) is 22.8. The molecule has 33 heavy (non-hydrogen) atoms. The number of hydrogen-bond donors (Lipinski definition) is 1. The van der Waals surface area contributed by atoms with Crippen LogP contribution in [0, 0.1) is 0 Å². The van der Waals surface area contributed by atoms with Crippen molar-refractivity contribution in [2.45, 2.75) is 24.3 Å². The molecule has 174 valence electrons. The monoisotopic (exact) mass is 483 g/mol. The Morgan fingerprint density at radius 1 is 1.15 bits per heavy atom. The van der Waals surface area contributed by atoms with E-state index in [0.29, 0.717) is 6.61 Å². The number of benzene rings is 2. The maximum absolute atomic E-state index is 6.62. The second kappa shape index (κ2) is 10.2. The van der Waals surface area contributed by atoms with E-state index in [1.165, 1.54) is 0 Å². The van der Waals surface area contributed by atoms with Gasteiger partial charge in [0.2, 0.25) is 0 Å². The van der Waals surface area contributed by atoms with E-state index < -0.39 is 0 Å². The fourth-order valence-electron chi connectivity index (χ4n) is 4.54. The van der Waals surface area contributed by atoms with E-state index in [0.717, 1.165) is 88.5 Å². The number of anilines is 1. The number of halogens is 1. The quantitative estimate of drug-likeness (QED) is 0.417. The topological polar surface area (TPSA) is 53.5 Å².